The van der Waals surface area contributed by atoms with Gasteiger partial charge in [-0.1, -0.05) is 6.58 Å². The van der Waals surface area contributed by atoms with Crippen LogP contribution in [0.2, 0.25) is 0 Å². The molecular weight excluding hydrogens is 450 g/mol. The molecule has 14 heteroatoms. The number of halogens is 2. The Labute approximate surface area is 174 Å². The lowest BCUT2D eigenvalue weighted by Crippen LogP contribution is -2.45. The zero-order valence-electron chi connectivity index (χ0n) is 15.9. The van der Waals surface area contributed by atoms with Crippen molar-refractivity contribution < 1.29 is 59.9 Å². The van der Waals surface area contributed by atoms with Crippen molar-refractivity contribution in [1.29, 1.82) is 0 Å². The van der Waals surface area contributed by atoms with Crippen LogP contribution in [0.1, 0.15) is 13.3 Å². The van der Waals surface area contributed by atoms with Crippen LogP contribution in [0.3, 0.4) is 0 Å². The summed E-state index contributed by atoms with van der Waals surface area (Å²) in [7, 11) is -6.07. The van der Waals surface area contributed by atoms with Crippen molar-refractivity contribution in [3.8, 4) is 0 Å². The average molecular weight is 467 g/mol. The molecule has 2 aliphatic carbocycles. The standard InChI is InChI=1S/C17H18F2O11S/c1-6(2)14(21)27-4-9(20)29-12-7-3-8-11(16(23)30-13(8)12)10(7)15(22)28-5-17(18,19)31(24,25)26/h7-8,10-13H,1,3-5H2,2H3,(H,24,25,26)/p-1. The molecule has 3 fully saturated rings. The number of rotatable bonds is 8. The van der Waals surface area contributed by atoms with Crippen LogP contribution in [-0.4, -0.2) is 67.5 Å². The number of hydrogen-bond acceptors (Lipinski definition) is 11. The molecule has 11 nitrogen and oxygen atoms in total. The number of alkyl halides is 2. The van der Waals surface area contributed by atoms with Crippen LogP contribution in [0, 0.1) is 23.7 Å². The molecule has 0 spiro atoms. The highest BCUT2D eigenvalue weighted by Crippen LogP contribution is 2.59. The van der Waals surface area contributed by atoms with E-state index in [9.17, 15) is 40.9 Å². The van der Waals surface area contributed by atoms with Gasteiger partial charge in [-0.05, 0) is 13.3 Å². The highest BCUT2D eigenvalue weighted by molar-refractivity contribution is 7.86. The van der Waals surface area contributed by atoms with Crippen molar-refractivity contribution in [3.05, 3.63) is 12.2 Å². The summed E-state index contributed by atoms with van der Waals surface area (Å²) in [5.74, 6) is -7.74. The van der Waals surface area contributed by atoms with Crippen molar-refractivity contribution in [2.75, 3.05) is 13.2 Å². The molecule has 31 heavy (non-hydrogen) atoms. The van der Waals surface area contributed by atoms with Crippen LogP contribution in [0.4, 0.5) is 8.78 Å². The van der Waals surface area contributed by atoms with Gasteiger partial charge >= 0.3 is 29.1 Å². The number of fused-ring (bicyclic) bond motifs is 1. The maximum atomic E-state index is 13.3. The summed E-state index contributed by atoms with van der Waals surface area (Å²) < 4.78 is 77.6. The third-order valence-corrected chi connectivity index (χ3v) is 6.35. The SMILES string of the molecule is C=C(C)C(=O)OCC(=O)OC1C2CC3C1OC(=O)C3C2C(=O)OCC(F)(F)S(=O)(=O)[O-]. The summed E-state index contributed by atoms with van der Waals surface area (Å²) in [6.07, 6.45) is -1.80. The first-order valence-corrected chi connectivity index (χ1v) is 10.4. The van der Waals surface area contributed by atoms with Crippen molar-refractivity contribution in [2.24, 2.45) is 23.7 Å². The van der Waals surface area contributed by atoms with E-state index in [0.717, 1.165) is 0 Å². The molecule has 0 aromatic rings. The van der Waals surface area contributed by atoms with E-state index in [2.05, 4.69) is 16.1 Å². The minimum absolute atomic E-state index is 0.0417. The Morgan fingerprint density at radius 2 is 1.90 bits per heavy atom. The molecule has 0 amide bonds. The quantitative estimate of drug-likeness (QED) is 0.196. The van der Waals surface area contributed by atoms with Gasteiger partial charge in [0.2, 0.25) is 0 Å². The largest absolute Gasteiger partial charge is 0.743 e. The van der Waals surface area contributed by atoms with E-state index in [-0.39, 0.29) is 12.0 Å². The maximum absolute atomic E-state index is 13.3. The lowest BCUT2D eigenvalue weighted by molar-refractivity contribution is -0.172. The Morgan fingerprint density at radius 1 is 1.26 bits per heavy atom. The Balaban J connectivity index is 1.68. The van der Waals surface area contributed by atoms with Gasteiger partial charge in [0.05, 0.1) is 11.8 Å². The molecule has 0 radical (unpaired) electrons. The Bertz CT molecular complexity index is 944. The lowest BCUT2D eigenvalue weighted by Gasteiger charge is -2.30. The molecule has 1 saturated heterocycles. The zero-order valence-corrected chi connectivity index (χ0v) is 16.8. The van der Waals surface area contributed by atoms with Gasteiger partial charge in [0.15, 0.2) is 23.3 Å². The smallest absolute Gasteiger partial charge is 0.367 e. The van der Waals surface area contributed by atoms with E-state index in [4.69, 9.17) is 9.47 Å². The second-order valence-electron chi connectivity index (χ2n) is 7.53. The average Bonchev–Trinajstić information content (AvgIpc) is 3.26. The van der Waals surface area contributed by atoms with E-state index in [1.807, 2.05) is 0 Å². The molecule has 0 aromatic heterocycles. The summed E-state index contributed by atoms with van der Waals surface area (Å²) in [6, 6.07) is 0. The minimum atomic E-state index is -6.07. The van der Waals surface area contributed by atoms with Crippen molar-refractivity contribution in [1.82, 2.24) is 0 Å². The van der Waals surface area contributed by atoms with Crippen LogP contribution in [0.25, 0.3) is 0 Å². The van der Waals surface area contributed by atoms with Gasteiger partial charge < -0.3 is 23.5 Å². The van der Waals surface area contributed by atoms with Gasteiger partial charge in [-0.2, -0.15) is 8.78 Å². The van der Waals surface area contributed by atoms with Crippen LogP contribution in [0.15, 0.2) is 12.2 Å². The van der Waals surface area contributed by atoms with Gasteiger partial charge in [-0.25, -0.2) is 18.0 Å². The van der Waals surface area contributed by atoms with E-state index in [0.29, 0.717) is 0 Å². The summed E-state index contributed by atoms with van der Waals surface area (Å²) in [4.78, 5) is 47.9. The summed E-state index contributed by atoms with van der Waals surface area (Å²) in [5.41, 5.74) is 0.0417. The Morgan fingerprint density at radius 3 is 2.48 bits per heavy atom. The number of hydrogen-bond donors (Lipinski definition) is 0. The van der Waals surface area contributed by atoms with E-state index < -0.39 is 88.3 Å². The van der Waals surface area contributed by atoms with Gasteiger partial charge in [0.25, 0.3) is 0 Å². The second kappa shape index (κ2) is 7.82. The molecule has 3 aliphatic rings. The van der Waals surface area contributed by atoms with Crippen molar-refractivity contribution in [3.63, 3.8) is 0 Å². The van der Waals surface area contributed by atoms with Gasteiger partial charge in [-0.3, -0.25) is 9.59 Å². The molecule has 0 aromatic carbocycles. The lowest BCUT2D eigenvalue weighted by atomic mass is 9.78. The summed E-state index contributed by atoms with van der Waals surface area (Å²) in [6.45, 7) is 1.91. The third kappa shape index (κ3) is 4.13. The highest BCUT2D eigenvalue weighted by atomic mass is 32.2. The normalized spacial score (nSPS) is 31.2. The molecule has 6 atom stereocenters. The Hall–Kier alpha value is -2.61. The number of ether oxygens (including phenoxy) is 4. The summed E-state index contributed by atoms with van der Waals surface area (Å²) >= 11 is 0. The number of carbonyl (C=O) groups excluding carboxylic acids is 4. The highest BCUT2D eigenvalue weighted by Gasteiger charge is 2.70. The minimum Gasteiger partial charge on any atom is -0.743 e. The fraction of sp³-hybridized carbons (Fsp3) is 0.647. The fourth-order valence-electron chi connectivity index (χ4n) is 4.23. The Kier molecular flexibility index (Phi) is 5.82. The monoisotopic (exact) mass is 467 g/mol. The second-order valence-corrected chi connectivity index (χ2v) is 9.03. The molecule has 2 bridgehead atoms. The van der Waals surface area contributed by atoms with Gasteiger partial charge in [-0.15, -0.1) is 0 Å². The molecule has 1 heterocycles. The first-order valence-electron chi connectivity index (χ1n) is 8.97. The molecule has 2 saturated carbocycles. The predicted molar refractivity (Wildman–Crippen MR) is 89.7 cm³/mol. The molecule has 3 rings (SSSR count). The molecule has 1 aliphatic heterocycles. The summed E-state index contributed by atoms with van der Waals surface area (Å²) in [5, 5.41) is -4.85. The molecule has 0 N–H and O–H groups in total. The molecule has 6 unspecified atom stereocenters. The van der Waals surface area contributed by atoms with E-state index in [1.54, 1.807) is 0 Å². The molecule has 172 valence electrons. The van der Waals surface area contributed by atoms with Crippen LogP contribution in [0.5, 0.6) is 0 Å². The predicted octanol–water partition coefficient (Wildman–Crippen LogP) is -0.494. The zero-order chi connectivity index (χ0) is 23.3. The van der Waals surface area contributed by atoms with Crippen LogP contribution < -0.4 is 0 Å². The number of esters is 4. The fourth-order valence-corrected chi connectivity index (χ4v) is 4.43. The van der Waals surface area contributed by atoms with Crippen LogP contribution >= 0.6 is 0 Å². The first kappa shape index (κ1) is 23.1. The van der Waals surface area contributed by atoms with Gasteiger partial charge in [0, 0.05) is 17.4 Å². The van der Waals surface area contributed by atoms with Crippen molar-refractivity contribution in [2.45, 2.75) is 30.8 Å². The van der Waals surface area contributed by atoms with E-state index in [1.165, 1.54) is 6.92 Å². The molecular formula is C17H17F2O11S-. The number of carbonyl (C=O) groups is 4. The van der Waals surface area contributed by atoms with Gasteiger partial charge in [0.1, 0.15) is 12.2 Å². The first-order chi connectivity index (χ1) is 14.2. The van der Waals surface area contributed by atoms with Crippen molar-refractivity contribution >= 4 is 34.0 Å². The van der Waals surface area contributed by atoms with Crippen LogP contribution in [-0.2, 0) is 48.2 Å². The topological polar surface area (TPSA) is 162 Å². The maximum Gasteiger partial charge on any atom is 0.367 e. The third-order valence-electron chi connectivity index (χ3n) is 5.50. The van der Waals surface area contributed by atoms with E-state index >= 15 is 0 Å².